The smallest absolute Gasteiger partial charge is 0.137 e. The van der Waals surface area contributed by atoms with Gasteiger partial charge in [0.25, 0.3) is 0 Å². The van der Waals surface area contributed by atoms with Crippen molar-refractivity contribution in [2.24, 2.45) is 0 Å². The summed E-state index contributed by atoms with van der Waals surface area (Å²) in [6, 6.07) is 4.49. The molecule has 1 aliphatic heterocycles. The van der Waals surface area contributed by atoms with Crippen LogP contribution in [0.3, 0.4) is 0 Å². The van der Waals surface area contributed by atoms with Crippen LogP contribution < -0.4 is 5.32 Å². The molecule has 0 bridgehead atoms. The summed E-state index contributed by atoms with van der Waals surface area (Å²) in [7, 11) is 0. The van der Waals surface area contributed by atoms with E-state index in [1.807, 2.05) is 0 Å². The molecule has 1 aliphatic rings. The van der Waals surface area contributed by atoms with E-state index in [0.717, 1.165) is 26.2 Å². The molecule has 1 N–H and O–H groups in total. The minimum absolute atomic E-state index is 0. The second kappa shape index (κ2) is 9.08. The number of hydrogen-bond acceptors (Lipinski definition) is 2. The van der Waals surface area contributed by atoms with Crippen LogP contribution in [0.1, 0.15) is 11.6 Å². The normalized spacial score (nSPS) is 17.2. The summed E-state index contributed by atoms with van der Waals surface area (Å²) in [4.78, 5) is 2.05. The first-order valence-corrected chi connectivity index (χ1v) is 6.47. The Morgan fingerprint density at radius 2 is 1.89 bits per heavy atom. The molecule has 0 radical (unpaired) electrons. The zero-order chi connectivity index (χ0) is 12.3. The van der Waals surface area contributed by atoms with Crippen molar-refractivity contribution in [3.8, 4) is 0 Å². The molecule has 1 aromatic carbocycles. The number of nitrogens with zero attached hydrogens (tertiary/aromatic N) is 1. The van der Waals surface area contributed by atoms with Crippen molar-refractivity contribution >= 4 is 40.7 Å². The first-order chi connectivity index (χ1) is 8.22. The maximum Gasteiger partial charge on any atom is 0.137 e. The lowest BCUT2D eigenvalue weighted by atomic mass is 10.1. The van der Waals surface area contributed by atoms with E-state index in [1.165, 1.54) is 6.07 Å². The minimum Gasteiger partial charge on any atom is -0.314 e. The standard InChI is InChI=1S/C12H15BrF2N2.2ClH/c13-10-2-1-9(7-11(10)15)12(8-14)17-5-3-16-4-6-17;;/h1-2,7,12,16H,3-6,8H2;2*1H/t12-;;/m1../s1. The van der Waals surface area contributed by atoms with Crippen LogP contribution >= 0.6 is 40.7 Å². The van der Waals surface area contributed by atoms with E-state index in [1.54, 1.807) is 12.1 Å². The van der Waals surface area contributed by atoms with Crippen LogP contribution in [0.5, 0.6) is 0 Å². The molecule has 110 valence electrons. The van der Waals surface area contributed by atoms with Crippen molar-refractivity contribution in [3.05, 3.63) is 34.1 Å². The summed E-state index contributed by atoms with van der Waals surface area (Å²) < 4.78 is 27.0. The predicted octanol–water partition coefficient (Wildman–Crippen LogP) is 3.35. The van der Waals surface area contributed by atoms with Gasteiger partial charge in [0.05, 0.1) is 10.5 Å². The van der Waals surface area contributed by atoms with Crippen LogP contribution in [-0.4, -0.2) is 37.8 Å². The highest BCUT2D eigenvalue weighted by Crippen LogP contribution is 2.25. The number of rotatable bonds is 3. The molecule has 0 aliphatic carbocycles. The van der Waals surface area contributed by atoms with Gasteiger partial charge in [0.1, 0.15) is 12.5 Å². The zero-order valence-corrected chi connectivity index (χ0v) is 13.5. The minimum atomic E-state index is -0.485. The van der Waals surface area contributed by atoms with Gasteiger partial charge in [-0.05, 0) is 33.6 Å². The third-order valence-electron chi connectivity index (χ3n) is 3.07. The zero-order valence-electron chi connectivity index (χ0n) is 10.2. The van der Waals surface area contributed by atoms with Crippen molar-refractivity contribution in [2.45, 2.75) is 6.04 Å². The molecule has 0 amide bonds. The van der Waals surface area contributed by atoms with Gasteiger partial charge in [0.2, 0.25) is 0 Å². The van der Waals surface area contributed by atoms with Gasteiger partial charge in [-0.1, -0.05) is 6.07 Å². The molecule has 0 spiro atoms. The van der Waals surface area contributed by atoms with Gasteiger partial charge in [0, 0.05) is 26.2 Å². The number of nitrogens with one attached hydrogen (secondary N) is 1. The van der Waals surface area contributed by atoms with E-state index in [2.05, 4.69) is 26.1 Å². The average molecular weight is 378 g/mol. The highest BCUT2D eigenvalue weighted by Gasteiger charge is 2.22. The predicted molar refractivity (Wildman–Crippen MR) is 81.8 cm³/mol. The fourth-order valence-corrected chi connectivity index (χ4v) is 2.36. The van der Waals surface area contributed by atoms with Crippen LogP contribution in [0.4, 0.5) is 8.78 Å². The summed E-state index contributed by atoms with van der Waals surface area (Å²) in [5.74, 6) is -0.337. The number of piperazine rings is 1. The first-order valence-electron chi connectivity index (χ1n) is 5.68. The average Bonchev–Trinajstić information content (AvgIpc) is 2.36. The molecule has 1 atom stereocenters. The fraction of sp³-hybridized carbons (Fsp3) is 0.500. The molecule has 0 unspecified atom stereocenters. The molecule has 19 heavy (non-hydrogen) atoms. The third kappa shape index (κ3) is 4.83. The Bertz CT molecular complexity index is 390. The highest BCUT2D eigenvalue weighted by atomic mass is 79.9. The van der Waals surface area contributed by atoms with E-state index in [9.17, 15) is 8.78 Å². The van der Waals surface area contributed by atoms with Gasteiger partial charge in [0.15, 0.2) is 0 Å². The summed E-state index contributed by atoms with van der Waals surface area (Å²) >= 11 is 3.10. The Labute approximate surface area is 132 Å². The molecular formula is C12H17BrCl2F2N2. The Morgan fingerprint density at radius 3 is 2.42 bits per heavy atom. The molecule has 7 heteroatoms. The number of benzene rings is 1. The molecule has 0 saturated carbocycles. The van der Waals surface area contributed by atoms with Crippen LogP contribution in [0.2, 0.25) is 0 Å². The molecular weight excluding hydrogens is 361 g/mol. The second-order valence-electron chi connectivity index (χ2n) is 4.13. The Balaban J connectivity index is 0.00000162. The van der Waals surface area contributed by atoms with Crippen molar-refractivity contribution in [1.82, 2.24) is 10.2 Å². The monoisotopic (exact) mass is 376 g/mol. The van der Waals surface area contributed by atoms with Crippen molar-refractivity contribution < 1.29 is 8.78 Å². The maximum atomic E-state index is 13.4. The van der Waals surface area contributed by atoms with E-state index < -0.39 is 6.67 Å². The largest absolute Gasteiger partial charge is 0.314 e. The molecule has 2 rings (SSSR count). The van der Waals surface area contributed by atoms with Crippen molar-refractivity contribution in [2.75, 3.05) is 32.9 Å². The number of halogens is 5. The van der Waals surface area contributed by atoms with Crippen molar-refractivity contribution in [1.29, 1.82) is 0 Å². The SMILES string of the molecule is Cl.Cl.FC[C@H](c1ccc(Br)c(F)c1)N1CCNCC1. The molecule has 0 aromatic heterocycles. The molecule has 2 nitrogen and oxygen atoms in total. The lowest BCUT2D eigenvalue weighted by Gasteiger charge is -2.33. The van der Waals surface area contributed by atoms with E-state index >= 15 is 0 Å². The quantitative estimate of drug-likeness (QED) is 0.868. The van der Waals surface area contributed by atoms with Gasteiger partial charge >= 0.3 is 0 Å². The summed E-state index contributed by atoms with van der Waals surface area (Å²) in [6.07, 6.45) is 0. The van der Waals surface area contributed by atoms with Gasteiger partial charge in [-0.15, -0.1) is 24.8 Å². The van der Waals surface area contributed by atoms with E-state index in [-0.39, 0.29) is 36.7 Å². The maximum absolute atomic E-state index is 13.4. The van der Waals surface area contributed by atoms with Crippen LogP contribution in [0, 0.1) is 5.82 Å². The number of hydrogen-bond donors (Lipinski definition) is 1. The lowest BCUT2D eigenvalue weighted by molar-refractivity contribution is 0.147. The Hall–Kier alpha value is 0.0600. The molecule has 1 aromatic rings. The van der Waals surface area contributed by atoms with Crippen LogP contribution in [0.25, 0.3) is 0 Å². The first kappa shape index (κ1) is 19.1. The summed E-state index contributed by atoms with van der Waals surface area (Å²) in [6.45, 7) is 2.82. The van der Waals surface area contributed by atoms with Crippen LogP contribution in [-0.2, 0) is 0 Å². The van der Waals surface area contributed by atoms with Gasteiger partial charge in [-0.2, -0.15) is 0 Å². The summed E-state index contributed by atoms with van der Waals surface area (Å²) in [5.41, 5.74) is 0.704. The molecule has 1 saturated heterocycles. The summed E-state index contributed by atoms with van der Waals surface area (Å²) in [5, 5.41) is 3.22. The van der Waals surface area contributed by atoms with E-state index in [0.29, 0.717) is 10.0 Å². The van der Waals surface area contributed by atoms with E-state index in [4.69, 9.17) is 0 Å². The number of alkyl halides is 1. The van der Waals surface area contributed by atoms with Crippen LogP contribution in [0.15, 0.2) is 22.7 Å². The van der Waals surface area contributed by atoms with Crippen molar-refractivity contribution in [3.63, 3.8) is 0 Å². The van der Waals surface area contributed by atoms with Gasteiger partial charge in [-0.3, -0.25) is 4.90 Å². The fourth-order valence-electron chi connectivity index (χ4n) is 2.11. The highest BCUT2D eigenvalue weighted by molar-refractivity contribution is 9.10. The topological polar surface area (TPSA) is 15.3 Å². The lowest BCUT2D eigenvalue weighted by Crippen LogP contribution is -2.45. The Morgan fingerprint density at radius 1 is 1.26 bits per heavy atom. The Kier molecular flexibility index (Phi) is 9.11. The second-order valence-corrected chi connectivity index (χ2v) is 4.98. The molecule has 1 fully saturated rings. The van der Waals surface area contributed by atoms with Gasteiger partial charge in [-0.25, -0.2) is 8.78 Å². The van der Waals surface area contributed by atoms with Gasteiger partial charge < -0.3 is 5.32 Å². The molecule has 1 heterocycles. The third-order valence-corrected chi connectivity index (χ3v) is 3.71.